The maximum atomic E-state index is 12.2. The quantitative estimate of drug-likeness (QED) is 0.582. The monoisotopic (exact) mass is 264 g/mol. The molecule has 0 aliphatic heterocycles. The number of carbonyl (C=O) groups excluding carboxylic acids is 2. The van der Waals surface area contributed by atoms with Crippen LogP contribution in [0.3, 0.4) is 0 Å². The molecule has 0 aromatic carbocycles. The maximum Gasteiger partial charge on any atom is 0.188 e. The van der Waals surface area contributed by atoms with Crippen molar-refractivity contribution in [2.24, 2.45) is 0 Å². The molecule has 0 spiro atoms. The van der Waals surface area contributed by atoms with E-state index in [1.807, 2.05) is 19.9 Å². The minimum absolute atomic E-state index is 0.0185. The molecule has 19 heavy (non-hydrogen) atoms. The molecule has 0 atom stereocenters. The van der Waals surface area contributed by atoms with Crippen molar-refractivity contribution in [3.63, 3.8) is 0 Å². The van der Waals surface area contributed by atoms with Gasteiger partial charge in [-0.25, -0.2) is 0 Å². The molecular weight excluding hydrogens is 244 g/mol. The molecule has 0 saturated heterocycles. The van der Waals surface area contributed by atoms with Crippen molar-refractivity contribution in [2.45, 2.75) is 33.6 Å². The lowest BCUT2D eigenvalue weighted by Crippen LogP contribution is -2.26. The Morgan fingerprint density at radius 3 is 2.05 bits per heavy atom. The van der Waals surface area contributed by atoms with Crippen LogP contribution in [-0.4, -0.2) is 35.0 Å². The van der Waals surface area contributed by atoms with E-state index in [9.17, 15) is 14.7 Å². The van der Waals surface area contributed by atoms with E-state index in [0.717, 1.165) is 12.0 Å². The standard InChI is InChI=1S/C15H20O4/c1-4-9(2)5-6-11-10(3)14(18)12(7-16)13(8-17)15(11)19/h5,16-17H,4,6-8H2,1-3H3/b9-5+. The van der Waals surface area contributed by atoms with E-state index < -0.39 is 13.2 Å². The van der Waals surface area contributed by atoms with E-state index in [1.54, 1.807) is 6.92 Å². The van der Waals surface area contributed by atoms with Crippen LogP contribution in [-0.2, 0) is 9.59 Å². The zero-order chi connectivity index (χ0) is 14.6. The second kappa shape index (κ2) is 6.59. The number of hydrogen-bond acceptors (Lipinski definition) is 4. The largest absolute Gasteiger partial charge is 0.392 e. The van der Waals surface area contributed by atoms with E-state index in [0.29, 0.717) is 17.6 Å². The van der Waals surface area contributed by atoms with Gasteiger partial charge in [0.15, 0.2) is 11.6 Å². The molecule has 0 aromatic heterocycles. The third-order valence-corrected chi connectivity index (χ3v) is 3.51. The first-order chi connectivity index (χ1) is 8.97. The lowest BCUT2D eigenvalue weighted by molar-refractivity contribution is -0.117. The van der Waals surface area contributed by atoms with Gasteiger partial charge < -0.3 is 10.2 Å². The van der Waals surface area contributed by atoms with Gasteiger partial charge >= 0.3 is 0 Å². The van der Waals surface area contributed by atoms with E-state index in [4.69, 9.17) is 5.11 Å². The van der Waals surface area contributed by atoms with Crippen LogP contribution in [0.2, 0.25) is 0 Å². The molecule has 1 aliphatic rings. The summed E-state index contributed by atoms with van der Waals surface area (Å²) in [6, 6.07) is 0. The first kappa shape index (κ1) is 15.5. The third-order valence-electron chi connectivity index (χ3n) is 3.51. The molecule has 104 valence electrons. The lowest BCUT2D eigenvalue weighted by atomic mass is 9.83. The van der Waals surface area contributed by atoms with Crippen LogP contribution < -0.4 is 0 Å². The van der Waals surface area contributed by atoms with E-state index in [2.05, 4.69) is 0 Å². The minimum atomic E-state index is -0.520. The Labute approximate surface area is 113 Å². The zero-order valence-electron chi connectivity index (χ0n) is 11.6. The van der Waals surface area contributed by atoms with E-state index in [-0.39, 0.29) is 22.7 Å². The van der Waals surface area contributed by atoms with Crippen LogP contribution in [0.15, 0.2) is 33.9 Å². The summed E-state index contributed by atoms with van der Waals surface area (Å²) in [6.07, 6.45) is 3.19. The van der Waals surface area contributed by atoms with Crippen LogP contribution in [0.5, 0.6) is 0 Å². The molecular formula is C15H20O4. The molecule has 0 radical (unpaired) electrons. The molecule has 4 nitrogen and oxygen atoms in total. The average molecular weight is 264 g/mol. The molecule has 0 amide bonds. The van der Waals surface area contributed by atoms with Gasteiger partial charge in [0.1, 0.15) is 0 Å². The van der Waals surface area contributed by atoms with Crippen molar-refractivity contribution in [1.29, 1.82) is 0 Å². The van der Waals surface area contributed by atoms with Gasteiger partial charge in [-0.05, 0) is 26.7 Å². The molecule has 1 rings (SSSR count). The fourth-order valence-corrected chi connectivity index (χ4v) is 1.99. The van der Waals surface area contributed by atoms with Crippen molar-refractivity contribution in [1.82, 2.24) is 0 Å². The van der Waals surface area contributed by atoms with Crippen LogP contribution >= 0.6 is 0 Å². The van der Waals surface area contributed by atoms with Gasteiger partial charge in [-0.3, -0.25) is 9.59 Å². The molecule has 0 bridgehead atoms. The van der Waals surface area contributed by atoms with Crippen LogP contribution in [0.25, 0.3) is 0 Å². The number of aliphatic hydroxyl groups excluding tert-OH is 2. The number of ketones is 2. The number of allylic oxidation sites excluding steroid dienone is 4. The van der Waals surface area contributed by atoms with E-state index in [1.165, 1.54) is 0 Å². The fraction of sp³-hybridized carbons (Fsp3) is 0.467. The predicted molar refractivity (Wildman–Crippen MR) is 72.6 cm³/mol. The molecule has 0 unspecified atom stereocenters. The number of aliphatic hydroxyl groups is 2. The highest BCUT2D eigenvalue weighted by Gasteiger charge is 2.30. The minimum Gasteiger partial charge on any atom is -0.392 e. The fourth-order valence-electron chi connectivity index (χ4n) is 1.99. The molecule has 1 aliphatic carbocycles. The molecule has 0 saturated carbocycles. The summed E-state index contributed by atoms with van der Waals surface area (Å²) in [5.74, 6) is -0.674. The van der Waals surface area contributed by atoms with Crippen molar-refractivity contribution < 1.29 is 19.8 Å². The summed E-state index contributed by atoms with van der Waals surface area (Å²) < 4.78 is 0. The van der Waals surface area contributed by atoms with Crippen LogP contribution in [0, 0.1) is 0 Å². The smallest absolute Gasteiger partial charge is 0.188 e. The summed E-state index contributed by atoms with van der Waals surface area (Å²) in [6.45, 7) is 4.54. The summed E-state index contributed by atoms with van der Waals surface area (Å²) in [7, 11) is 0. The summed E-state index contributed by atoms with van der Waals surface area (Å²) in [5, 5.41) is 18.4. The summed E-state index contributed by atoms with van der Waals surface area (Å²) >= 11 is 0. The average Bonchev–Trinajstić information content (AvgIpc) is 2.41. The number of Topliss-reactive ketones (excluding diaryl/α,β-unsaturated/α-hetero) is 2. The molecule has 2 N–H and O–H groups in total. The Morgan fingerprint density at radius 2 is 1.58 bits per heavy atom. The zero-order valence-corrected chi connectivity index (χ0v) is 11.6. The van der Waals surface area contributed by atoms with Crippen LogP contribution in [0.1, 0.15) is 33.6 Å². The van der Waals surface area contributed by atoms with Gasteiger partial charge in [0.2, 0.25) is 0 Å². The Balaban J connectivity index is 3.17. The SMILES string of the molecule is CC/C(C)=C/CC1=C(C)C(=O)C(CO)=C(CO)C1=O. The first-order valence-corrected chi connectivity index (χ1v) is 6.36. The van der Waals surface area contributed by atoms with Gasteiger partial charge in [-0.1, -0.05) is 18.6 Å². The Hall–Kier alpha value is -1.52. The molecule has 0 fully saturated rings. The second-order valence-corrected chi connectivity index (χ2v) is 4.64. The van der Waals surface area contributed by atoms with Gasteiger partial charge in [0.05, 0.1) is 13.2 Å². The predicted octanol–water partition coefficient (Wildman–Crippen LogP) is 1.48. The molecule has 4 heteroatoms. The first-order valence-electron chi connectivity index (χ1n) is 6.36. The van der Waals surface area contributed by atoms with Gasteiger partial charge in [-0.15, -0.1) is 0 Å². The van der Waals surface area contributed by atoms with Gasteiger partial charge in [0.25, 0.3) is 0 Å². The second-order valence-electron chi connectivity index (χ2n) is 4.64. The van der Waals surface area contributed by atoms with Crippen LogP contribution in [0.4, 0.5) is 0 Å². The molecule has 0 heterocycles. The number of hydrogen-bond donors (Lipinski definition) is 2. The maximum absolute atomic E-state index is 12.2. The Kier molecular flexibility index (Phi) is 5.39. The topological polar surface area (TPSA) is 74.6 Å². The Bertz CT molecular complexity index is 492. The van der Waals surface area contributed by atoms with Gasteiger partial charge in [-0.2, -0.15) is 0 Å². The highest BCUT2D eigenvalue weighted by atomic mass is 16.3. The van der Waals surface area contributed by atoms with Crippen molar-refractivity contribution in [2.75, 3.05) is 13.2 Å². The van der Waals surface area contributed by atoms with E-state index >= 15 is 0 Å². The van der Waals surface area contributed by atoms with Gasteiger partial charge in [0, 0.05) is 22.3 Å². The van der Waals surface area contributed by atoms with Crippen molar-refractivity contribution in [3.8, 4) is 0 Å². The highest BCUT2D eigenvalue weighted by Crippen LogP contribution is 2.27. The lowest BCUT2D eigenvalue weighted by Gasteiger charge is -2.19. The van der Waals surface area contributed by atoms with Crippen molar-refractivity contribution >= 4 is 11.6 Å². The van der Waals surface area contributed by atoms with Crippen molar-refractivity contribution in [3.05, 3.63) is 33.9 Å². The summed E-state index contributed by atoms with van der Waals surface area (Å²) in [4.78, 5) is 24.3. The molecule has 0 aromatic rings. The Morgan fingerprint density at radius 1 is 1.05 bits per heavy atom. The normalized spacial score (nSPS) is 17.6. The highest BCUT2D eigenvalue weighted by molar-refractivity contribution is 6.25. The number of carbonyl (C=O) groups is 2. The number of rotatable bonds is 5. The third kappa shape index (κ3) is 3.08. The summed E-state index contributed by atoms with van der Waals surface area (Å²) in [5.41, 5.74) is 1.97.